The second kappa shape index (κ2) is 9.60. The van der Waals surface area contributed by atoms with Crippen molar-refractivity contribution in [1.29, 1.82) is 0 Å². The van der Waals surface area contributed by atoms with Gasteiger partial charge in [0.15, 0.2) is 0 Å². The molecule has 1 N–H and O–H groups in total. The maximum absolute atomic E-state index is 12.6. The lowest BCUT2D eigenvalue weighted by Crippen LogP contribution is -2.26. The van der Waals surface area contributed by atoms with Crippen LogP contribution in [0.3, 0.4) is 0 Å². The van der Waals surface area contributed by atoms with Gasteiger partial charge in [-0.05, 0) is 29.7 Å². The molecular formula is C24H25NO3. The molecule has 0 aliphatic heterocycles. The summed E-state index contributed by atoms with van der Waals surface area (Å²) < 4.78 is 10.5. The Morgan fingerprint density at radius 3 is 1.79 bits per heavy atom. The molecule has 144 valence electrons. The quantitative estimate of drug-likeness (QED) is 0.623. The molecule has 0 saturated heterocycles. The van der Waals surface area contributed by atoms with E-state index in [4.69, 9.17) is 9.47 Å². The van der Waals surface area contributed by atoms with E-state index in [0.717, 1.165) is 6.42 Å². The van der Waals surface area contributed by atoms with Crippen LogP contribution in [0.15, 0.2) is 78.9 Å². The highest BCUT2D eigenvalue weighted by Crippen LogP contribution is 2.27. The van der Waals surface area contributed by atoms with Crippen molar-refractivity contribution in [2.75, 3.05) is 20.8 Å². The number of hydrogen-bond donors (Lipinski definition) is 1. The van der Waals surface area contributed by atoms with Crippen LogP contribution in [0.1, 0.15) is 33.8 Å². The van der Waals surface area contributed by atoms with E-state index in [1.807, 2.05) is 36.4 Å². The van der Waals surface area contributed by atoms with Gasteiger partial charge in [-0.3, -0.25) is 4.79 Å². The van der Waals surface area contributed by atoms with Crippen LogP contribution < -0.4 is 14.8 Å². The van der Waals surface area contributed by atoms with Crippen molar-refractivity contribution in [3.05, 3.63) is 95.6 Å². The molecule has 3 aromatic rings. The fourth-order valence-electron chi connectivity index (χ4n) is 3.27. The zero-order chi connectivity index (χ0) is 19.8. The molecule has 0 radical (unpaired) electrons. The number of benzene rings is 3. The molecule has 0 atom stereocenters. The SMILES string of the molecule is COc1cc(OC)cc(C(=O)NCCC(c2ccccc2)c2ccccc2)c1. The second-order valence-corrected chi connectivity index (χ2v) is 6.52. The lowest BCUT2D eigenvalue weighted by atomic mass is 9.88. The van der Waals surface area contributed by atoms with Gasteiger partial charge in [-0.15, -0.1) is 0 Å². The predicted molar refractivity (Wildman–Crippen MR) is 111 cm³/mol. The highest BCUT2D eigenvalue weighted by molar-refractivity contribution is 5.95. The van der Waals surface area contributed by atoms with Gasteiger partial charge >= 0.3 is 0 Å². The minimum Gasteiger partial charge on any atom is -0.497 e. The molecule has 0 aliphatic carbocycles. The topological polar surface area (TPSA) is 47.6 Å². The van der Waals surface area contributed by atoms with Crippen LogP contribution in [-0.4, -0.2) is 26.7 Å². The zero-order valence-corrected chi connectivity index (χ0v) is 16.2. The van der Waals surface area contributed by atoms with Crippen LogP contribution in [0.5, 0.6) is 11.5 Å². The monoisotopic (exact) mass is 375 g/mol. The largest absolute Gasteiger partial charge is 0.497 e. The molecule has 0 unspecified atom stereocenters. The van der Waals surface area contributed by atoms with Crippen molar-refractivity contribution in [1.82, 2.24) is 5.32 Å². The van der Waals surface area contributed by atoms with Crippen LogP contribution in [-0.2, 0) is 0 Å². The van der Waals surface area contributed by atoms with E-state index >= 15 is 0 Å². The fraction of sp³-hybridized carbons (Fsp3) is 0.208. The number of nitrogens with one attached hydrogen (secondary N) is 1. The second-order valence-electron chi connectivity index (χ2n) is 6.52. The van der Waals surface area contributed by atoms with Gasteiger partial charge in [-0.25, -0.2) is 0 Å². The highest BCUT2D eigenvalue weighted by Gasteiger charge is 2.15. The van der Waals surface area contributed by atoms with Gasteiger partial charge in [-0.1, -0.05) is 60.7 Å². The van der Waals surface area contributed by atoms with Gasteiger partial charge in [0.25, 0.3) is 5.91 Å². The van der Waals surface area contributed by atoms with Crippen molar-refractivity contribution in [3.63, 3.8) is 0 Å². The Morgan fingerprint density at radius 1 is 0.821 bits per heavy atom. The first kappa shape index (κ1) is 19.5. The molecule has 4 heteroatoms. The third-order valence-electron chi connectivity index (χ3n) is 4.74. The Labute approximate surface area is 166 Å². The number of ether oxygens (including phenoxy) is 2. The van der Waals surface area contributed by atoms with Gasteiger partial charge in [0.1, 0.15) is 11.5 Å². The van der Waals surface area contributed by atoms with E-state index in [2.05, 4.69) is 29.6 Å². The first-order chi connectivity index (χ1) is 13.7. The smallest absolute Gasteiger partial charge is 0.251 e. The first-order valence-corrected chi connectivity index (χ1v) is 9.32. The van der Waals surface area contributed by atoms with Crippen LogP contribution in [0.4, 0.5) is 0 Å². The van der Waals surface area contributed by atoms with Crippen LogP contribution in [0, 0.1) is 0 Å². The molecule has 0 bridgehead atoms. The van der Waals surface area contributed by atoms with Gasteiger partial charge in [0.05, 0.1) is 14.2 Å². The molecule has 1 amide bonds. The summed E-state index contributed by atoms with van der Waals surface area (Å²) in [6.45, 7) is 0.562. The summed E-state index contributed by atoms with van der Waals surface area (Å²) >= 11 is 0. The lowest BCUT2D eigenvalue weighted by molar-refractivity contribution is 0.0952. The summed E-state index contributed by atoms with van der Waals surface area (Å²) in [7, 11) is 3.14. The maximum atomic E-state index is 12.6. The Morgan fingerprint density at radius 2 is 1.32 bits per heavy atom. The van der Waals surface area contributed by atoms with E-state index < -0.39 is 0 Å². The Kier molecular flexibility index (Phi) is 6.68. The molecule has 0 heterocycles. The zero-order valence-electron chi connectivity index (χ0n) is 16.2. The lowest BCUT2D eigenvalue weighted by Gasteiger charge is -2.18. The van der Waals surface area contributed by atoms with E-state index in [9.17, 15) is 4.79 Å². The molecule has 0 spiro atoms. The van der Waals surface area contributed by atoms with Gasteiger partial charge in [-0.2, -0.15) is 0 Å². The summed E-state index contributed by atoms with van der Waals surface area (Å²) in [4.78, 5) is 12.6. The number of hydrogen-bond acceptors (Lipinski definition) is 3. The minimum atomic E-state index is -0.142. The molecule has 3 rings (SSSR count). The molecule has 4 nitrogen and oxygen atoms in total. The number of methoxy groups -OCH3 is 2. The molecule has 0 aliphatic rings. The van der Waals surface area contributed by atoms with E-state index in [-0.39, 0.29) is 11.8 Å². The summed E-state index contributed by atoms with van der Waals surface area (Å²) in [5, 5.41) is 3.02. The number of amides is 1. The number of carbonyl (C=O) groups is 1. The number of rotatable bonds is 8. The van der Waals surface area contributed by atoms with Gasteiger partial charge in [0, 0.05) is 24.1 Å². The molecule has 0 saturated carbocycles. The predicted octanol–water partition coefficient (Wildman–Crippen LogP) is 4.66. The summed E-state index contributed by atoms with van der Waals surface area (Å²) in [5.41, 5.74) is 3.00. The van der Waals surface area contributed by atoms with Crippen molar-refractivity contribution >= 4 is 5.91 Å². The molecule has 0 aromatic heterocycles. The van der Waals surface area contributed by atoms with Crippen molar-refractivity contribution < 1.29 is 14.3 Å². The van der Waals surface area contributed by atoms with Crippen LogP contribution in [0.2, 0.25) is 0 Å². The minimum absolute atomic E-state index is 0.142. The Bertz CT molecular complexity index is 832. The summed E-state index contributed by atoms with van der Waals surface area (Å²) in [6.07, 6.45) is 0.806. The third kappa shape index (κ3) is 4.92. The average molecular weight is 375 g/mol. The van der Waals surface area contributed by atoms with E-state index in [1.165, 1.54) is 11.1 Å². The highest BCUT2D eigenvalue weighted by atomic mass is 16.5. The van der Waals surface area contributed by atoms with Crippen LogP contribution >= 0.6 is 0 Å². The van der Waals surface area contributed by atoms with E-state index in [1.54, 1.807) is 32.4 Å². The summed E-state index contributed by atoms with van der Waals surface area (Å²) in [5.74, 6) is 1.27. The standard InChI is InChI=1S/C24H25NO3/c1-27-21-15-20(16-22(17-21)28-2)24(26)25-14-13-23(18-9-5-3-6-10-18)19-11-7-4-8-12-19/h3-12,15-17,23H,13-14H2,1-2H3,(H,25,26). The van der Waals surface area contributed by atoms with Crippen molar-refractivity contribution in [2.24, 2.45) is 0 Å². The first-order valence-electron chi connectivity index (χ1n) is 9.32. The average Bonchev–Trinajstić information content (AvgIpc) is 2.77. The van der Waals surface area contributed by atoms with Crippen molar-refractivity contribution in [3.8, 4) is 11.5 Å². The normalized spacial score (nSPS) is 10.5. The fourth-order valence-corrected chi connectivity index (χ4v) is 3.27. The Hall–Kier alpha value is -3.27. The van der Waals surface area contributed by atoms with Crippen molar-refractivity contribution in [2.45, 2.75) is 12.3 Å². The van der Waals surface area contributed by atoms with E-state index in [0.29, 0.717) is 23.6 Å². The van der Waals surface area contributed by atoms with Gasteiger partial charge in [0.2, 0.25) is 0 Å². The molecular weight excluding hydrogens is 350 g/mol. The summed E-state index contributed by atoms with van der Waals surface area (Å²) in [6, 6.07) is 25.9. The number of carbonyl (C=O) groups excluding carboxylic acids is 1. The maximum Gasteiger partial charge on any atom is 0.251 e. The molecule has 3 aromatic carbocycles. The molecule has 0 fully saturated rings. The Balaban J connectivity index is 1.70. The van der Waals surface area contributed by atoms with Gasteiger partial charge < -0.3 is 14.8 Å². The van der Waals surface area contributed by atoms with Crippen LogP contribution in [0.25, 0.3) is 0 Å². The molecule has 28 heavy (non-hydrogen) atoms. The third-order valence-corrected chi connectivity index (χ3v) is 4.74.